The Balaban J connectivity index is 2.81. The van der Waals surface area contributed by atoms with Gasteiger partial charge in [0.1, 0.15) is 0 Å². The average Bonchev–Trinajstić information content (AvgIpc) is 2.39. The standard InChI is InChI=1S/C13H23N3O2S/c1-4-10-16(11-5-2)19(17,18)15-13-8-6-12(14-3)7-9-13/h6-9,14-15H,4-5,10-11H2,1-3H3. The summed E-state index contributed by atoms with van der Waals surface area (Å²) in [7, 11) is -1.63. The fraction of sp³-hybridized carbons (Fsp3) is 0.538. The minimum absolute atomic E-state index is 0.539. The van der Waals surface area contributed by atoms with Gasteiger partial charge < -0.3 is 5.32 Å². The Morgan fingerprint density at radius 1 is 1.00 bits per heavy atom. The minimum atomic E-state index is -3.46. The summed E-state index contributed by atoms with van der Waals surface area (Å²) in [4.78, 5) is 0. The third kappa shape index (κ3) is 4.72. The van der Waals surface area contributed by atoms with Crippen LogP contribution >= 0.6 is 0 Å². The van der Waals surface area contributed by atoms with Crippen molar-refractivity contribution in [3.8, 4) is 0 Å². The second-order valence-corrected chi connectivity index (χ2v) is 6.00. The molecular weight excluding hydrogens is 262 g/mol. The first-order valence-electron chi connectivity index (χ1n) is 6.59. The quantitative estimate of drug-likeness (QED) is 0.771. The van der Waals surface area contributed by atoms with Crippen molar-refractivity contribution >= 4 is 21.6 Å². The third-order valence-electron chi connectivity index (χ3n) is 2.71. The number of rotatable bonds is 8. The van der Waals surface area contributed by atoms with E-state index in [4.69, 9.17) is 0 Å². The lowest BCUT2D eigenvalue weighted by Gasteiger charge is -2.21. The van der Waals surface area contributed by atoms with E-state index in [1.807, 2.05) is 33.0 Å². The third-order valence-corrected chi connectivity index (χ3v) is 4.24. The lowest BCUT2D eigenvalue weighted by molar-refractivity contribution is 0.413. The van der Waals surface area contributed by atoms with Crippen LogP contribution < -0.4 is 10.0 Å². The van der Waals surface area contributed by atoms with Crippen LogP contribution in [0.25, 0.3) is 0 Å². The van der Waals surface area contributed by atoms with E-state index in [1.165, 1.54) is 4.31 Å². The van der Waals surface area contributed by atoms with Gasteiger partial charge in [-0.3, -0.25) is 4.72 Å². The monoisotopic (exact) mass is 285 g/mol. The normalized spacial score (nSPS) is 11.6. The zero-order valence-corrected chi connectivity index (χ0v) is 12.6. The molecule has 0 saturated heterocycles. The molecule has 2 N–H and O–H groups in total. The van der Waals surface area contributed by atoms with Gasteiger partial charge in [0.15, 0.2) is 0 Å². The van der Waals surface area contributed by atoms with Crippen molar-refractivity contribution in [2.45, 2.75) is 26.7 Å². The van der Waals surface area contributed by atoms with Gasteiger partial charge in [0.2, 0.25) is 0 Å². The molecule has 0 bridgehead atoms. The molecule has 0 aliphatic heterocycles. The fourth-order valence-electron chi connectivity index (χ4n) is 1.77. The molecule has 0 aliphatic rings. The summed E-state index contributed by atoms with van der Waals surface area (Å²) in [5.74, 6) is 0. The van der Waals surface area contributed by atoms with Crippen molar-refractivity contribution in [1.29, 1.82) is 0 Å². The predicted octanol–water partition coefficient (Wildman–Crippen LogP) is 2.51. The number of nitrogens with one attached hydrogen (secondary N) is 2. The molecule has 1 rings (SSSR count). The van der Waals surface area contributed by atoms with E-state index in [2.05, 4.69) is 10.0 Å². The lowest BCUT2D eigenvalue weighted by Crippen LogP contribution is -2.37. The molecule has 0 spiro atoms. The van der Waals surface area contributed by atoms with Crippen LogP contribution in [0.15, 0.2) is 24.3 Å². The highest BCUT2D eigenvalue weighted by molar-refractivity contribution is 7.90. The van der Waals surface area contributed by atoms with Crippen LogP contribution in [0.3, 0.4) is 0 Å². The van der Waals surface area contributed by atoms with Crippen LogP contribution in [0.1, 0.15) is 26.7 Å². The Labute approximate surface area is 116 Å². The Hall–Kier alpha value is -1.27. The van der Waals surface area contributed by atoms with Crippen molar-refractivity contribution < 1.29 is 8.42 Å². The minimum Gasteiger partial charge on any atom is -0.388 e. The SMILES string of the molecule is CCCN(CCC)S(=O)(=O)Nc1ccc(NC)cc1. The molecule has 0 amide bonds. The number of anilines is 2. The number of hydrogen-bond acceptors (Lipinski definition) is 3. The molecule has 0 atom stereocenters. The molecule has 6 heteroatoms. The number of nitrogens with zero attached hydrogens (tertiary/aromatic N) is 1. The van der Waals surface area contributed by atoms with Crippen molar-refractivity contribution in [3.63, 3.8) is 0 Å². The molecule has 1 aromatic carbocycles. The molecule has 0 aromatic heterocycles. The van der Waals surface area contributed by atoms with Gasteiger partial charge in [-0.15, -0.1) is 0 Å². The van der Waals surface area contributed by atoms with Crippen molar-refractivity contribution in [1.82, 2.24) is 4.31 Å². The molecule has 0 unspecified atom stereocenters. The summed E-state index contributed by atoms with van der Waals surface area (Å²) in [6.07, 6.45) is 1.61. The molecule has 0 radical (unpaired) electrons. The fourth-order valence-corrected chi connectivity index (χ4v) is 3.18. The average molecular weight is 285 g/mol. The summed E-state index contributed by atoms with van der Waals surface area (Å²) in [6.45, 7) is 5.02. The largest absolute Gasteiger partial charge is 0.388 e. The second kappa shape index (κ2) is 7.35. The molecule has 0 fully saturated rings. The Bertz CT molecular complexity index is 465. The Morgan fingerprint density at radius 2 is 1.47 bits per heavy atom. The van der Waals surface area contributed by atoms with Gasteiger partial charge in [-0.05, 0) is 37.1 Å². The highest BCUT2D eigenvalue weighted by atomic mass is 32.2. The van der Waals surface area contributed by atoms with Gasteiger partial charge in [0.25, 0.3) is 0 Å². The molecule has 0 heterocycles. The first kappa shape index (κ1) is 15.8. The van der Waals surface area contributed by atoms with E-state index in [9.17, 15) is 8.42 Å². The number of benzene rings is 1. The first-order chi connectivity index (χ1) is 9.03. The summed E-state index contributed by atoms with van der Waals surface area (Å²) < 4.78 is 28.6. The summed E-state index contributed by atoms with van der Waals surface area (Å²) in [6, 6.07) is 7.17. The molecule has 108 valence electrons. The van der Waals surface area contributed by atoms with Gasteiger partial charge in [-0.25, -0.2) is 0 Å². The van der Waals surface area contributed by atoms with Crippen LogP contribution in [0, 0.1) is 0 Å². The molecule has 0 saturated carbocycles. The Morgan fingerprint density at radius 3 is 1.89 bits per heavy atom. The van der Waals surface area contributed by atoms with E-state index in [0.717, 1.165) is 18.5 Å². The summed E-state index contributed by atoms with van der Waals surface area (Å²) in [5.41, 5.74) is 1.53. The van der Waals surface area contributed by atoms with Gasteiger partial charge in [-0.1, -0.05) is 13.8 Å². The van der Waals surface area contributed by atoms with Crippen molar-refractivity contribution in [2.75, 3.05) is 30.2 Å². The second-order valence-electron chi connectivity index (χ2n) is 4.33. The molecule has 0 aliphatic carbocycles. The van der Waals surface area contributed by atoms with Crippen LogP contribution in [0.4, 0.5) is 11.4 Å². The number of hydrogen-bond donors (Lipinski definition) is 2. The molecule has 1 aromatic rings. The van der Waals surface area contributed by atoms with E-state index in [1.54, 1.807) is 12.1 Å². The molecule has 5 nitrogen and oxygen atoms in total. The van der Waals surface area contributed by atoms with Crippen molar-refractivity contribution in [3.05, 3.63) is 24.3 Å². The lowest BCUT2D eigenvalue weighted by atomic mass is 10.3. The van der Waals surface area contributed by atoms with E-state index >= 15 is 0 Å². The smallest absolute Gasteiger partial charge is 0.301 e. The zero-order valence-electron chi connectivity index (χ0n) is 11.8. The summed E-state index contributed by atoms with van der Waals surface area (Å²) in [5, 5.41) is 2.99. The maximum atomic E-state index is 12.2. The highest BCUT2D eigenvalue weighted by Crippen LogP contribution is 2.16. The zero-order chi connectivity index (χ0) is 14.3. The topological polar surface area (TPSA) is 61.4 Å². The van der Waals surface area contributed by atoms with Gasteiger partial charge in [0.05, 0.1) is 0 Å². The highest BCUT2D eigenvalue weighted by Gasteiger charge is 2.19. The molecular formula is C13H23N3O2S. The maximum Gasteiger partial charge on any atom is 0.301 e. The first-order valence-corrected chi connectivity index (χ1v) is 8.03. The van der Waals surface area contributed by atoms with E-state index in [-0.39, 0.29) is 0 Å². The Kier molecular flexibility index (Phi) is 6.11. The maximum absolute atomic E-state index is 12.2. The van der Waals surface area contributed by atoms with Crippen LogP contribution in [0.5, 0.6) is 0 Å². The van der Waals surface area contributed by atoms with Gasteiger partial charge in [-0.2, -0.15) is 12.7 Å². The van der Waals surface area contributed by atoms with Crippen molar-refractivity contribution in [2.24, 2.45) is 0 Å². The predicted molar refractivity (Wildman–Crippen MR) is 80.7 cm³/mol. The van der Waals surface area contributed by atoms with Gasteiger partial charge >= 0.3 is 10.2 Å². The van der Waals surface area contributed by atoms with E-state index < -0.39 is 10.2 Å². The van der Waals surface area contributed by atoms with E-state index in [0.29, 0.717) is 18.8 Å². The van der Waals surface area contributed by atoms with Crippen LogP contribution in [-0.2, 0) is 10.2 Å². The molecule has 19 heavy (non-hydrogen) atoms. The van der Waals surface area contributed by atoms with Gasteiger partial charge in [0, 0.05) is 31.5 Å². The summed E-state index contributed by atoms with van der Waals surface area (Å²) >= 11 is 0. The van der Waals surface area contributed by atoms with Crippen LogP contribution in [-0.4, -0.2) is 32.9 Å². The van der Waals surface area contributed by atoms with Crippen LogP contribution in [0.2, 0.25) is 0 Å².